The van der Waals surface area contributed by atoms with Gasteiger partial charge in [-0.2, -0.15) is 0 Å². The standard InChI is InChI=1S/C11H21N3S/c1-9(5-6-12-3)14(4)7-11-8-15-10(2)13-11/h8-9,12H,5-7H2,1-4H3. The number of nitrogens with one attached hydrogen (secondary N) is 1. The lowest BCUT2D eigenvalue weighted by Gasteiger charge is -2.23. The summed E-state index contributed by atoms with van der Waals surface area (Å²) in [6.07, 6.45) is 1.18. The highest BCUT2D eigenvalue weighted by Crippen LogP contribution is 2.11. The molecule has 1 rings (SSSR count). The number of rotatable bonds is 6. The summed E-state index contributed by atoms with van der Waals surface area (Å²) in [5.41, 5.74) is 1.19. The van der Waals surface area contributed by atoms with Crippen molar-refractivity contribution in [3.05, 3.63) is 16.1 Å². The fourth-order valence-electron chi connectivity index (χ4n) is 1.47. The lowest BCUT2D eigenvalue weighted by molar-refractivity contribution is 0.235. The van der Waals surface area contributed by atoms with Crippen LogP contribution in [-0.2, 0) is 6.54 Å². The van der Waals surface area contributed by atoms with Gasteiger partial charge in [0.1, 0.15) is 0 Å². The van der Waals surface area contributed by atoms with E-state index in [1.54, 1.807) is 11.3 Å². The van der Waals surface area contributed by atoms with Crippen LogP contribution in [0.3, 0.4) is 0 Å². The van der Waals surface area contributed by atoms with E-state index in [0.717, 1.165) is 18.1 Å². The van der Waals surface area contributed by atoms with Crippen molar-refractivity contribution in [2.75, 3.05) is 20.6 Å². The van der Waals surface area contributed by atoms with E-state index >= 15 is 0 Å². The molecule has 4 heteroatoms. The molecule has 0 saturated carbocycles. The maximum atomic E-state index is 4.47. The molecule has 86 valence electrons. The van der Waals surface area contributed by atoms with Gasteiger partial charge in [0.2, 0.25) is 0 Å². The smallest absolute Gasteiger partial charge is 0.0897 e. The van der Waals surface area contributed by atoms with Gasteiger partial charge in [-0.3, -0.25) is 4.90 Å². The largest absolute Gasteiger partial charge is 0.320 e. The minimum Gasteiger partial charge on any atom is -0.320 e. The van der Waals surface area contributed by atoms with Gasteiger partial charge in [0.25, 0.3) is 0 Å². The van der Waals surface area contributed by atoms with Crippen molar-refractivity contribution in [2.24, 2.45) is 0 Å². The molecular weight excluding hydrogens is 206 g/mol. The third-order valence-corrected chi connectivity index (χ3v) is 3.46. The van der Waals surface area contributed by atoms with Crippen LogP contribution >= 0.6 is 11.3 Å². The van der Waals surface area contributed by atoms with Gasteiger partial charge in [-0.15, -0.1) is 11.3 Å². The van der Waals surface area contributed by atoms with E-state index in [4.69, 9.17) is 0 Å². The molecule has 0 aliphatic heterocycles. The van der Waals surface area contributed by atoms with Crippen LogP contribution in [0.15, 0.2) is 5.38 Å². The zero-order valence-electron chi connectivity index (χ0n) is 10.1. The Labute approximate surface area is 96.5 Å². The maximum Gasteiger partial charge on any atom is 0.0897 e. The highest BCUT2D eigenvalue weighted by Gasteiger charge is 2.10. The van der Waals surface area contributed by atoms with E-state index in [-0.39, 0.29) is 0 Å². The summed E-state index contributed by atoms with van der Waals surface area (Å²) in [7, 11) is 4.16. The predicted molar refractivity (Wildman–Crippen MR) is 66.3 cm³/mol. The minimum atomic E-state index is 0.597. The van der Waals surface area contributed by atoms with Crippen molar-refractivity contribution in [3.63, 3.8) is 0 Å². The number of thiazole rings is 1. The molecule has 0 fully saturated rings. The van der Waals surface area contributed by atoms with Crippen molar-refractivity contribution in [1.29, 1.82) is 0 Å². The molecule has 1 aromatic heterocycles. The molecule has 0 bridgehead atoms. The molecule has 1 N–H and O–H groups in total. The maximum absolute atomic E-state index is 4.47. The molecule has 1 aromatic rings. The third kappa shape index (κ3) is 4.28. The zero-order valence-corrected chi connectivity index (χ0v) is 10.9. The molecule has 0 radical (unpaired) electrons. The number of aromatic nitrogens is 1. The van der Waals surface area contributed by atoms with Crippen molar-refractivity contribution in [2.45, 2.75) is 32.9 Å². The monoisotopic (exact) mass is 227 g/mol. The minimum absolute atomic E-state index is 0.597. The Hall–Kier alpha value is -0.450. The van der Waals surface area contributed by atoms with Gasteiger partial charge < -0.3 is 5.32 Å². The van der Waals surface area contributed by atoms with Crippen LogP contribution in [0.1, 0.15) is 24.0 Å². The fourth-order valence-corrected chi connectivity index (χ4v) is 2.07. The molecule has 3 nitrogen and oxygen atoms in total. The molecular formula is C11H21N3S. The van der Waals surface area contributed by atoms with Gasteiger partial charge in [-0.05, 0) is 40.9 Å². The first-order valence-electron chi connectivity index (χ1n) is 5.39. The molecule has 1 heterocycles. The lowest BCUT2D eigenvalue weighted by Crippen LogP contribution is -2.31. The fraction of sp³-hybridized carbons (Fsp3) is 0.727. The Bertz CT molecular complexity index is 285. The van der Waals surface area contributed by atoms with Crippen LogP contribution in [0.2, 0.25) is 0 Å². The second-order valence-electron chi connectivity index (χ2n) is 4.01. The Morgan fingerprint density at radius 2 is 2.33 bits per heavy atom. The van der Waals surface area contributed by atoms with E-state index in [1.807, 2.05) is 7.05 Å². The molecule has 1 atom stereocenters. The van der Waals surface area contributed by atoms with Crippen LogP contribution in [-0.4, -0.2) is 36.6 Å². The van der Waals surface area contributed by atoms with Gasteiger partial charge >= 0.3 is 0 Å². The van der Waals surface area contributed by atoms with E-state index < -0.39 is 0 Å². The molecule has 0 spiro atoms. The summed E-state index contributed by atoms with van der Waals surface area (Å²) in [6.45, 7) is 6.34. The lowest BCUT2D eigenvalue weighted by atomic mass is 10.2. The average molecular weight is 227 g/mol. The Kier molecular flexibility index (Phi) is 5.22. The molecule has 0 aliphatic carbocycles. The first kappa shape index (κ1) is 12.6. The van der Waals surface area contributed by atoms with Crippen molar-refractivity contribution >= 4 is 11.3 Å². The zero-order chi connectivity index (χ0) is 11.3. The second kappa shape index (κ2) is 6.20. The summed E-state index contributed by atoms with van der Waals surface area (Å²) in [4.78, 5) is 6.83. The Morgan fingerprint density at radius 3 is 2.87 bits per heavy atom. The van der Waals surface area contributed by atoms with Crippen LogP contribution in [0.5, 0.6) is 0 Å². The summed E-state index contributed by atoms with van der Waals surface area (Å²) >= 11 is 1.73. The van der Waals surface area contributed by atoms with Gasteiger partial charge in [-0.1, -0.05) is 0 Å². The third-order valence-electron chi connectivity index (χ3n) is 2.64. The van der Waals surface area contributed by atoms with E-state index in [1.165, 1.54) is 12.1 Å². The SMILES string of the molecule is CNCCC(C)N(C)Cc1csc(C)n1. The Balaban J connectivity index is 2.37. The van der Waals surface area contributed by atoms with Gasteiger partial charge in [0.05, 0.1) is 10.7 Å². The summed E-state index contributed by atoms with van der Waals surface area (Å²) in [5, 5.41) is 6.48. The number of aryl methyl sites for hydroxylation is 1. The highest BCUT2D eigenvalue weighted by molar-refractivity contribution is 7.09. The number of nitrogens with zero attached hydrogens (tertiary/aromatic N) is 2. The summed E-state index contributed by atoms with van der Waals surface area (Å²) in [5.74, 6) is 0. The Morgan fingerprint density at radius 1 is 1.60 bits per heavy atom. The molecule has 0 aliphatic rings. The molecule has 0 amide bonds. The molecule has 0 saturated heterocycles. The van der Waals surface area contributed by atoms with Crippen LogP contribution in [0, 0.1) is 6.92 Å². The van der Waals surface area contributed by atoms with Crippen molar-refractivity contribution < 1.29 is 0 Å². The normalized spacial score (nSPS) is 13.4. The number of hydrogen-bond acceptors (Lipinski definition) is 4. The second-order valence-corrected chi connectivity index (χ2v) is 5.08. The van der Waals surface area contributed by atoms with Crippen molar-refractivity contribution in [3.8, 4) is 0 Å². The van der Waals surface area contributed by atoms with Gasteiger partial charge in [-0.25, -0.2) is 4.98 Å². The van der Waals surface area contributed by atoms with Gasteiger partial charge in [0.15, 0.2) is 0 Å². The van der Waals surface area contributed by atoms with E-state index in [2.05, 4.69) is 41.5 Å². The molecule has 0 aromatic carbocycles. The predicted octanol–water partition coefficient (Wildman–Crippen LogP) is 1.88. The first-order valence-corrected chi connectivity index (χ1v) is 6.27. The van der Waals surface area contributed by atoms with E-state index in [9.17, 15) is 0 Å². The summed E-state index contributed by atoms with van der Waals surface area (Å²) in [6, 6.07) is 0.597. The van der Waals surface area contributed by atoms with Crippen LogP contribution < -0.4 is 5.32 Å². The quantitative estimate of drug-likeness (QED) is 0.804. The van der Waals surface area contributed by atoms with Gasteiger partial charge in [0, 0.05) is 18.0 Å². The van der Waals surface area contributed by atoms with Crippen LogP contribution in [0.25, 0.3) is 0 Å². The first-order chi connectivity index (χ1) is 7.13. The topological polar surface area (TPSA) is 28.2 Å². The highest BCUT2D eigenvalue weighted by atomic mass is 32.1. The van der Waals surface area contributed by atoms with Crippen molar-refractivity contribution in [1.82, 2.24) is 15.2 Å². The summed E-state index contributed by atoms with van der Waals surface area (Å²) < 4.78 is 0. The average Bonchev–Trinajstić information content (AvgIpc) is 2.60. The van der Waals surface area contributed by atoms with E-state index in [0.29, 0.717) is 6.04 Å². The van der Waals surface area contributed by atoms with Crippen LogP contribution in [0.4, 0.5) is 0 Å². The molecule has 1 unspecified atom stereocenters. The number of hydrogen-bond donors (Lipinski definition) is 1. The molecule has 15 heavy (non-hydrogen) atoms.